The summed E-state index contributed by atoms with van der Waals surface area (Å²) in [6, 6.07) is 1.48. The summed E-state index contributed by atoms with van der Waals surface area (Å²) >= 11 is 0. The minimum Gasteiger partial charge on any atom is -0.315 e. The number of hydrogen-bond donors (Lipinski definition) is 2. The van der Waals surface area contributed by atoms with Crippen LogP contribution in [0, 0.1) is 5.92 Å². The van der Waals surface area contributed by atoms with E-state index in [-0.39, 0.29) is 0 Å². The van der Waals surface area contributed by atoms with E-state index >= 15 is 0 Å². The van der Waals surface area contributed by atoms with Crippen LogP contribution in [0.25, 0.3) is 0 Å². The zero-order chi connectivity index (χ0) is 9.68. The third kappa shape index (κ3) is 5.27. The zero-order valence-electron chi connectivity index (χ0n) is 9.27. The molecule has 1 aliphatic rings. The lowest BCUT2D eigenvalue weighted by atomic mass is 10.3. The smallest absolute Gasteiger partial charge is 0.00963 e. The fourth-order valence-corrected chi connectivity index (χ4v) is 1.53. The molecule has 0 aromatic carbocycles. The maximum Gasteiger partial charge on any atom is 0.00963 e. The molecule has 1 rings (SSSR count). The van der Waals surface area contributed by atoms with Gasteiger partial charge in [0.15, 0.2) is 0 Å². The van der Waals surface area contributed by atoms with Crippen molar-refractivity contribution in [2.24, 2.45) is 5.92 Å². The second-order valence-corrected chi connectivity index (χ2v) is 4.59. The fourth-order valence-electron chi connectivity index (χ4n) is 1.53. The molecule has 0 aromatic rings. The molecule has 0 aromatic heterocycles. The van der Waals surface area contributed by atoms with Crippen LogP contribution in [0.5, 0.6) is 0 Å². The van der Waals surface area contributed by atoms with E-state index in [1.165, 1.54) is 32.4 Å². The van der Waals surface area contributed by atoms with Crippen molar-refractivity contribution >= 4 is 0 Å². The molecule has 0 heterocycles. The molecule has 0 radical (unpaired) electrons. The molecule has 2 atom stereocenters. The van der Waals surface area contributed by atoms with Gasteiger partial charge in [0, 0.05) is 12.1 Å². The lowest BCUT2D eigenvalue weighted by molar-refractivity contribution is 0.536. The van der Waals surface area contributed by atoms with Gasteiger partial charge in [0.1, 0.15) is 0 Å². The highest BCUT2D eigenvalue weighted by molar-refractivity contribution is 4.89. The Morgan fingerprint density at radius 3 is 2.38 bits per heavy atom. The summed E-state index contributed by atoms with van der Waals surface area (Å²) in [4.78, 5) is 0. The van der Waals surface area contributed by atoms with Crippen LogP contribution in [0.1, 0.15) is 40.0 Å². The van der Waals surface area contributed by atoms with Gasteiger partial charge in [-0.05, 0) is 38.3 Å². The highest BCUT2D eigenvalue weighted by atomic mass is 15.0. The Morgan fingerprint density at radius 1 is 1.23 bits per heavy atom. The Balaban J connectivity index is 1.74. The number of unbranched alkanes of at least 4 members (excludes halogenated alkanes) is 1. The van der Waals surface area contributed by atoms with Crippen LogP contribution in [-0.2, 0) is 0 Å². The van der Waals surface area contributed by atoms with Gasteiger partial charge in [-0.1, -0.05) is 20.8 Å². The van der Waals surface area contributed by atoms with Gasteiger partial charge < -0.3 is 10.6 Å². The van der Waals surface area contributed by atoms with Gasteiger partial charge in [-0.25, -0.2) is 0 Å². The van der Waals surface area contributed by atoms with Crippen molar-refractivity contribution < 1.29 is 0 Å². The quantitative estimate of drug-likeness (QED) is 0.589. The average molecular weight is 184 g/mol. The van der Waals surface area contributed by atoms with E-state index in [2.05, 4.69) is 31.4 Å². The second kappa shape index (κ2) is 5.61. The Bertz CT molecular complexity index is 134. The lowest BCUT2D eigenvalue weighted by Crippen LogP contribution is -2.25. The second-order valence-electron chi connectivity index (χ2n) is 4.59. The summed E-state index contributed by atoms with van der Waals surface area (Å²) in [6.45, 7) is 9.08. The first kappa shape index (κ1) is 11.0. The molecule has 2 N–H and O–H groups in total. The van der Waals surface area contributed by atoms with E-state index < -0.39 is 0 Å². The normalized spacial score (nSPS) is 26.8. The molecule has 0 aliphatic heterocycles. The molecule has 0 spiro atoms. The third-order valence-corrected chi connectivity index (χ3v) is 2.67. The largest absolute Gasteiger partial charge is 0.315 e. The van der Waals surface area contributed by atoms with Crippen LogP contribution in [0.15, 0.2) is 0 Å². The van der Waals surface area contributed by atoms with Gasteiger partial charge >= 0.3 is 0 Å². The zero-order valence-corrected chi connectivity index (χ0v) is 9.27. The maximum absolute atomic E-state index is 3.57. The van der Waals surface area contributed by atoms with Crippen molar-refractivity contribution in [3.05, 3.63) is 0 Å². The summed E-state index contributed by atoms with van der Waals surface area (Å²) in [5, 5.41) is 7.00. The third-order valence-electron chi connectivity index (χ3n) is 2.67. The predicted octanol–water partition coefficient (Wildman–Crippen LogP) is 1.76. The SMILES string of the molecule is CC(C)NCCCCNC1CC1C. The molecule has 0 amide bonds. The average Bonchev–Trinajstić information content (AvgIpc) is 2.74. The van der Waals surface area contributed by atoms with E-state index in [1.54, 1.807) is 0 Å². The van der Waals surface area contributed by atoms with Crippen molar-refractivity contribution in [3.63, 3.8) is 0 Å². The van der Waals surface area contributed by atoms with E-state index in [0.717, 1.165) is 12.0 Å². The van der Waals surface area contributed by atoms with Crippen LogP contribution >= 0.6 is 0 Å². The van der Waals surface area contributed by atoms with Gasteiger partial charge in [0.2, 0.25) is 0 Å². The summed E-state index contributed by atoms with van der Waals surface area (Å²) < 4.78 is 0. The molecule has 78 valence electrons. The van der Waals surface area contributed by atoms with E-state index in [4.69, 9.17) is 0 Å². The summed E-state index contributed by atoms with van der Waals surface area (Å²) in [5.74, 6) is 0.939. The van der Waals surface area contributed by atoms with E-state index in [1.807, 2.05) is 0 Å². The summed E-state index contributed by atoms with van der Waals surface area (Å²) in [5.41, 5.74) is 0. The standard InChI is InChI=1S/C11H24N2/c1-9(2)12-6-4-5-7-13-11-8-10(11)3/h9-13H,4-8H2,1-3H3. The molecular formula is C11H24N2. The predicted molar refractivity (Wildman–Crippen MR) is 57.9 cm³/mol. The topological polar surface area (TPSA) is 24.1 Å². The summed E-state index contributed by atoms with van der Waals surface area (Å²) in [7, 11) is 0. The Morgan fingerprint density at radius 2 is 1.85 bits per heavy atom. The number of rotatable bonds is 7. The van der Waals surface area contributed by atoms with Crippen molar-refractivity contribution in [1.29, 1.82) is 0 Å². The maximum atomic E-state index is 3.57. The Kier molecular flexibility index (Phi) is 4.74. The first-order valence-corrected chi connectivity index (χ1v) is 5.67. The first-order chi connectivity index (χ1) is 6.20. The molecule has 0 bridgehead atoms. The number of nitrogens with one attached hydrogen (secondary N) is 2. The molecule has 1 saturated carbocycles. The van der Waals surface area contributed by atoms with Gasteiger partial charge in [0.05, 0.1) is 0 Å². The molecule has 1 fully saturated rings. The Hall–Kier alpha value is -0.0800. The van der Waals surface area contributed by atoms with Crippen LogP contribution in [0.3, 0.4) is 0 Å². The minimum absolute atomic E-state index is 0.636. The first-order valence-electron chi connectivity index (χ1n) is 5.67. The van der Waals surface area contributed by atoms with Crippen molar-refractivity contribution in [3.8, 4) is 0 Å². The van der Waals surface area contributed by atoms with Crippen LogP contribution in [0.4, 0.5) is 0 Å². The Labute approximate surface area is 82.5 Å². The molecule has 1 aliphatic carbocycles. The van der Waals surface area contributed by atoms with Crippen LogP contribution < -0.4 is 10.6 Å². The highest BCUT2D eigenvalue weighted by Gasteiger charge is 2.31. The van der Waals surface area contributed by atoms with Gasteiger partial charge in [-0.15, -0.1) is 0 Å². The molecule has 2 unspecified atom stereocenters. The monoisotopic (exact) mass is 184 g/mol. The molecule has 2 nitrogen and oxygen atoms in total. The van der Waals surface area contributed by atoms with E-state index in [9.17, 15) is 0 Å². The fraction of sp³-hybridized carbons (Fsp3) is 1.00. The van der Waals surface area contributed by atoms with Crippen molar-refractivity contribution in [2.45, 2.75) is 52.1 Å². The van der Waals surface area contributed by atoms with Gasteiger partial charge in [-0.3, -0.25) is 0 Å². The molecule has 0 saturated heterocycles. The van der Waals surface area contributed by atoms with Crippen LogP contribution in [-0.4, -0.2) is 25.2 Å². The van der Waals surface area contributed by atoms with Gasteiger partial charge in [0.25, 0.3) is 0 Å². The van der Waals surface area contributed by atoms with Crippen molar-refractivity contribution in [2.75, 3.05) is 13.1 Å². The highest BCUT2D eigenvalue weighted by Crippen LogP contribution is 2.28. The lowest BCUT2D eigenvalue weighted by Gasteiger charge is -2.07. The molecular weight excluding hydrogens is 160 g/mol. The minimum atomic E-state index is 0.636. The van der Waals surface area contributed by atoms with Gasteiger partial charge in [-0.2, -0.15) is 0 Å². The summed E-state index contributed by atoms with van der Waals surface area (Å²) in [6.07, 6.45) is 4.00. The number of hydrogen-bond acceptors (Lipinski definition) is 2. The molecule has 2 heteroatoms. The van der Waals surface area contributed by atoms with Crippen LogP contribution in [0.2, 0.25) is 0 Å². The van der Waals surface area contributed by atoms with Crippen molar-refractivity contribution in [1.82, 2.24) is 10.6 Å². The molecule has 13 heavy (non-hydrogen) atoms. The van der Waals surface area contributed by atoms with E-state index in [0.29, 0.717) is 6.04 Å².